The van der Waals surface area contributed by atoms with E-state index < -0.39 is 0 Å². The van der Waals surface area contributed by atoms with Crippen molar-refractivity contribution in [3.8, 4) is 17.2 Å². The summed E-state index contributed by atoms with van der Waals surface area (Å²) in [5.74, 6) is 1.31. The second-order valence-electron chi connectivity index (χ2n) is 6.18. The number of para-hydroxylation sites is 2. The maximum atomic E-state index is 12.8. The molecular formula is C21H19N3O3S. The van der Waals surface area contributed by atoms with Crippen molar-refractivity contribution in [3.05, 3.63) is 59.8 Å². The number of aryl methyl sites for hydroxylation is 1. The maximum Gasteiger partial charge on any atom is 0.277 e. The molecule has 0 unspecified atom stereocenters. The molecule has 0 aliphatic carbocycles. The minimum Gasteiger partial charge on any atom is -0.493 e. The molecule has 6 nitrogen and oxygen atoms in total. The lowest BCUT2D eigenvalue weighted by molar-refractivity contribution is 0.102. The van der Waals surface area contributed by atoms with Crippen molar-refractivity contribution < 1.29 is 13.9 Å². The Morgan fingerprint density at radius 2 is 1.93 bits per heavy atom. The van der Waals surface area contributed by atoms with Crippen molar-refractivity contribution in [1.82, 2.24) is 15.2 Å². The van der Waals surface area contributed by atoms with Crippen molar-refractivity contribution in [3.63, 3.8) is 0 Å². The van der Waals surface area contributed by atoms with Crippen molar-refractivity contribution >= 4 is 28.4 Å². The molecule has 0 bridgehead atoms. The number of nitrogens with one attached hydrogen (secondary N) is 1. The summed E-state index contributed by atoms with van der Waals surface area (Å²) in [5.41, 5.74) is 3.27. The summed E-state index contributed by atoms with van der Waals surface area (Å²) >= 11 is 1.23. The number of ketones is 1. The number of hydrogen-bond donors (Lipinski definition) is 1. The van der Waals surface area contributed by atoms with Gasteiger partial charge < -0.3 is 14.1 Å². The highest BCUT2D eigenvalue weighted by atomic mass is 32.2. The van der Waals surface area contributed by atoms with E-state index in [4.69, 9.17) is 9.15 Å². The van der Waals surface area contributed by atoms with E-state index >= 15 is 0 Å². The normalized spacial score (nSPS) is 11.1. The van der Waals surface area contributed by atoms with Crippen LogP contribution in [-0.4, -0.2) is 33.3 Å². The van der Waals surface area contributed by atoms with Gasteiger partial charge >= 0.3 is 0 Å². The molecule has 0 spiro atoms. The number of aromatic nitrogens is 3. The number of fused-ring (bicyclic) bond motifs is 1. The van der Waals surface area contributed by atoms with Gasteiger partial charge in [-0.15, -0.1) is 10.2 Å². The van der Waals surface area contributed by atoms with Crippen LogP contribution in [0.2, 0.25) is 0 Å². The second kappa shape index (κ2) is 7.90. The van der Waals surface area contributed by atoms with Crippen LogP contribution in [0.25, 0.3) is 22.4 Å². The summed E-state index contributed by atoms with van der Waals surface area (Å²) in [4.78, 5) is 16.0. The quantitative estimate of drug-likeness (QED) is 0.355. The van der Waals surface area contributed by atoms with Gasteiger partial charge in [-0.25, -0.2) is 0 Å². The Labute approximate surface area is 166 Å². The molecule has 28 heavy (non-hydrogen) atoms. The van der Waals surface area contributed by atoms with Crippen LogP contribution < -0.4 is 4.74 Å². The number of ether oxygens (including phenoxy) is 1. The topological polar surface area (TPSA) is 81.0 Å². The fourth-order valence-electron chi connectivity index (χ4n) is 3.14. The average Bonchev–Trinajstić information content (AvgIpc) is 3.30. The number of nitrogens with zero attached hydrogens (tertiary/aromatic N) is 2. The maximum absolute atomic E-state index is 12.8. The van der Waals surface area contributed by atoms with Crippen LogP contribution in [0, 0.1) is 6.92 Å². The summed E-state index contributed by atoms with van der Waals surface area (Å²) < 4.78 is 11.4. The van der Waals surface area contributed by atoms with Crippen LogP contribution in [0.1, 0.15) is 23.0 Å². The molecule has 0 atom stereocenters. The Morgan fingerprint density at radius 3 is 2.79 bits per heavy atom. The van der Waals surface area contributed by atoms with Crippen LogP contribution in [0.15, 0.2) is 58.2 Å². The number of thioether (sulfide) groups is 1. The molecule has 0 saturated carbocycles. The Balaban J connectivity index is 1.51. The van der Waals surface area contributed by atoms with Gasteiger partial charge in [-0.1, -0.05) is 42.1 Å². The Kier molecular flexibility index (Phi) is 5.16. The molecular weight excluding hydrogens is 374 g/mol. The van der Waals surface area contributed by atoms with Crippen LogP contribution in [-0.2, 0) is 0 Å². The van der Waals surface area contributed by atoms with Crippen LogP contribution in [0.3, 0.4) is 0 Å². The SMILES string of the molecule is CCOc1ccccc1-c1nnc(SCC(=O)c2c(C)[nH]c3ccccc23)o1. The van der Waals surface area contributed by atoms with E-state index in [9.17, 15) is 4.79 Å². The second-order valence-corrected chi connectivity index (χ2v) is 7.11. The number of benzene rings is 2. The number of aromatic amines is 1. The molecule has 142 valence electrons. The molecule has 2 heterocycles. The lowest BCUT2D eigenvalue weighted by atomic mass is 10.1. The molecule has 4 rings (SSSR count). The van der Waals surface area contributed by atoms with Gasteiger partial charge in [-0.3, -0.25) is 4.79 Å². The predicted octanol–water partition coefficient (Wildman–Crippen LogP) is 4.90. The van der Waals surface area contributed by atoms with E-state index in [0.29, 0.717) is 29.0 Å². The number of hydrogen-bond acceptors (Lipinski definition) is 6. The number of rotatable bonds is 7. The monoisotopic (exact) mass is 393 g/mol. The van der Waals surface area contributed by atoms with Gasteiger partial charge in [0.2, 0.25) is 0 Å². The van der Waals surface area contributed by atoms with Crippen molar-refractivity contribution in [2.75, 3.05) is 12.4 Å². The van der Waals surface area contributed by atoms with Gasteiger partial charge in [0.1, 0.15) is 5.75 Å². The first-order valence-electron chi connectivity index (χ1n) is 8.96. The van der Waals surface area contributed by atoms with E-state index in [1.54, 1.807) is 0 Å². The third-order valence-corrected chi connectivity index (χ3v) is 5.14. The van der Waals surface area contributed by atoms with E-state index in [0.717, 1.165) is 22.2 Å². The highest BCUT2D eigenvalue weighted by Gasteiger charge is 2.18. The summed E-state index contributed by atoms with van der Waals surface area (Å²) in [5, 5.41) is 9.45. The van der Waals surface area contributed by atoms with Gasteiger partial charge in [-0.2, -0.15) is 0 Å². The predicted molar refractivity (Wildman–Crippen MR) is 109 cm³/mol. The molecule has 0 saturated heterocycles. The fraction of sp³-hybridized carbons (Fsp3) is 0.190. The zero-order chi connectivity index (χ0) is 19.5. The minimum absolute atomic E-state index is 0.0226. The lowest BCUT2D eigenvalue weighted by Crippen LogP contribution is -2.03. The zero-order valence-corrected chi connectivity index (χ0v) is 16.4. The van der Waals surface area contributed by atoms with Gasteiger partial charge in [-0.05, 0) is 32.0 Å². The first-order chi connectivity index (χ1) is 13.7. The van der Waals surface area contributed by atoms with Crippen LogP contribution >= 0.6 is 11.8 Å². The highest BCUT2D eigenvalue weighted by molar-refractivity contribution is 7.99. The Hall–Kier alpha value is -3.06. The first kappa shape index (κ1) is 18.3. The molecule has 7 heteroatoms. The minimum atomic E-state index is 0.0226. The third-order valence-electron chi connectivity index (χ3n) is 4.32. The third kappa shape index (κ3) is 3.53. The van der Waals surface area contributed by atoms with Crippen molar-refractivity contribution in [2.24, 2.45) is 0 Å². The smallest absolute Gasteiger partial charge is 0.277 e. The van der Waals surface area contributed by atoms with Crippen LogP contribution in [0.4, 0.5) is 0 Å². The number of carbonyl (C=O) groups excluding carboxylic acids is 1. The van der Waals surface area contributed by atoms with Gasteiger partial charge in [0, 0.05) is 22.2 Å². The van der Waals surface area contributed by atoms with Gasteiger partial charge in [0.05, 0.1) is 17.9 Å². The molecule has 0 fully saturated rings. The summed E-state index contributed by atoms with van der Waals surface area (Å²) in [7, 11) is 0. The van der Waals surface area contributed by atoms with E-state index in [1.807, 2.05) is 62.4 Å². The standard InChI is InChI=1S/C21H19N3O3S/c1-3-26-18-11-7-5-9-15(18)20-23-24-21(27-20)28-12-17(25)19-13(2)22-16-10-6-4-8-14(16)19/h4-11,22H,3,12H2,1-2H3. The van der Waals surface area contributed by atoms with E-state index in [2.05, 4.69) is 15.2 Å². The van der Waals surface area contributed by atoms with E-state index in [1.165, 1.54) is 11.8 Å². The number of H-pyrrole nitrogens is 1. The fourth-order valence-corrected chi connectivity index (χ4v) is 3.77. The summed E-state index contributed by atoms with van der Waals surface area (Å²) in [6.45, 7) is 4.38. The molecule has 0 aliphatic heterocycles. The molecule has 2 aromatic carbocycles. The average molecular weight is 393 g/mol. The Morgan fingerprint density at radius 1 is 1.14 bits per heavy atom. The molecule has 2 aromatic heterocycles. The number of carbonyl (C=O) groups is 1. The van der Waals surface area contributed by atoms with E-state index in [-0.39, 0.29) is 11.5 Å². The zero-order valence-electron chi connectivity index (χ0n) is 15.6. The largest absolute Gasteiger partial charge is 0.493 e. The lowest BCUT2D eigenvalue weighted by Gasteiger charge is -2.06. The highest BCUT2D eigenvalue weighted by Crippen LogP contribution is 2.31. The molecule has 0 amide bonds. The number of Topliss-reactive ketones (excluding diaryl/α,β-unsaturated/α-hetero) is 1. The van der Waals surface area contributed by atoms with Gasteiger partial charge in [0.25, 0.3) is 11.1 Å². The van der Waals surface area contributed by atoms with Crippen molar-refractivity contribution in [1.29, 1.82) is 0 Å². The molecule has 4 aromatic rings. The molecule has 0 radical (unpaired) electrons. The summed E-state index contributed by atoms with van der Waals surface area (Å²) in [6, 6.07) is 15.3. The first-order valence-corrected chi connectivity index (χ1v) is 9.95. The van der Waals surface area contributed by atoms with Gasteiger partial charge in [0.15, 0.2) is 5.78 Å². The van der Waals surface area contributed by atoms with Crippen LogP contribution in [0.5, 0.6) is 5.75 Å². The Bertz CT molecular complexity index is 1130. The summed E-state index contributed by atoms with van der Waals surface area (Å²) in [6.07, 6.45) is 0. The van der Waals surface area contributed by atoms with Crippen molar-refractivity contribution in [2.45, 2.75) is 19.1 Å². The molecule has 0 aliphatic rings. The molecule has 1 N–H and O–H groups in total.